The Morgan fingerprint density at radius 2 is 1.83 bits per heavy atom. The fraction of sp³-hybridized carbons (Fsp3) is 0.550. The van der Waals surface area contributed by atoms with Gasteiger partial charge in [-0.2, -0.15) is 13.2 Å². The summed E-state index contributed by atoms with van der Waals surface area (Å²) >= 11 is 0. The third kappa shape index (κ3) is 5.29. The van der Waals surface area contributed by atoms with Gasteiger partial charge < -0.3 is 16.4 Å². The summed E-state index contributed by atoms with van der Waals surface area (Å²) in [7, 11) is 0. The molecular weight excluding hydrogens is 399 g/mol. The van der Waals surface area contributed by atoms with E-state index >= 15 is 0 Å². The summed E-state index contributed by atoms with van der Waals surface area (Å²) in [5.41, 5.74) is 10.1. The second-order valence-corrected chi connectivity index (χ2v) is 8.05. The van der Waals surface area contributed by atoms with Crippen molar-refractivity contribution < 1.29 is 22.8 Å². The summed E-state index contributed by atoms with van der Waals surface area (Å²) in [6, 6.07) is 2.85. The van der Waals surface area contributed by atoms with Crippen molar-refractivity contribution in [2.45, 2.75) is 50.2 Å². The standard InChI is InChI=1S/C20H26F3N5O2/c21-20(22,23)15-10-13(17(29)27-19(25)26)3-4-14(15)12-5-7-28(8-6-12)18(30)16(24)9-11-1-2-11/h3-4,10-12,16H,1-2,5-9,24H2,(H4,25,26,27,29). The van der Waals surface area contributed by atoms with Crippen LogP contribution in [0.5, 0.6) is 0 Å². The number of likely N-dealkylation sites (tertiary alicyclic amines) is 1. The Morgan fingerprint density at radius 3 is 2.37 bits per heavy atom. The molecule has 2 aliphatic rings. The monoisotopic (exact) mass is 425 g/mol. The molecule has 3 rings (SSSR count). The van der Waals surface area contributed by atoms with E-state index in [1.807, 2.05) is 5.32 Å². The zero-order valence-electron chi connectivity index (χ0n) is 16.5. The molecule has 7 nitrogen and oxygen atoms in total. The molecule has 1 aliphatic carbocycles. The highest BCUT2D eigenvalue weighted by atomic mass is 19.4. The Balaban J connectivity index is 1.71. The first-order valence-electron chi connectivity index (χ1n) is 9.97. The molecule has 1 aromatic rings. The van der Waals surface area contributed by atoms with E-state index in [9.17, 15) is 22.8 Å². The van der Waals surface area contributed by atoms with E-state index in [0.29, 0.717) is 38.3 Å². The summed E-state index contributed by atoms with van der Waals surface area (Å²) in [5.74, 6) is -1.50. The van der Waals surface area contributed by atoms with Gasteiger partial charge >= 0.3 is 6.18 Å². The van der Waals surface area contributed by atoms with Gasteiger partial charge in [0.15, 0.2) is 5.96 Å². The number of piperidine rings is 1. The van der Waals surface area contributed by atoms with E-state index in [1.54, 1.807) is 4.90 Å². The molecule has 1 aliphatic heterocycles. The number of nitrogens with two attached hydrogens (primary N) is 2. The summed E-state index contributed by atoms with van der Waals surface area (Å²) in [6.45, 7) is 0.706. The van der Waals surface area contributed by atoms with Crippen LogP contribution in [-0.4, -0.2) is 41.8 Å². The summed E-state index contributed by atoms with van der Waals surface area (Å²) in [5, 5.41) is 9.04. The SMILES string of the molecule is N=C(N)NC(=O)c1ccc(C2CCN(C(=O)C(N)CC3CC3)CC2)c(C(F)(F)F)c1. The molecule has 30 heavy (non-hydrogen) atoms. The van der Waals surface area contributed by atoms with Crippen molar-refractivity contribution in [2.75, 3.05) is 13.1 Å². The van der Waals surface area contributed by atoms with Crippen LogP contribution in [0.1, 0.15) is 59.5 Å². The zero-order chi connectivity index (χ0) is 22.1. The molecule has 6 N–H and O–H groups in total. The van der Waals surface area contributed by atoms with Gasteiger partial charge in [0.25, 0.3) is 5.91 Å². The van der Waals surface area contributed by atoms with Gasteiger partial charge in [-0.15, -0.1) is 0 Å². The molecule has 0 spiro atoms. The fourth-order valence-electron chi connectivity index (χ4n) is 3.95. The van der Waals surface area contributed by atoms with E-state index in [0.717, 1.165) is 18.9 Å². The number of benzene rings is 1. The van der Waals surface area contributed by atoms with Crippen molar-refractivity contribution in [3.8, 4) is 0 Å². The van der Waals surface area contributed by atoms with Crippen LogP contribution in [0.4, 0.5) is 13.2 Å². The van der Waals surface area contributed by atoms with Gasteiger partial charge in [-0.1, -0.05) is 18.9 Å². The maximum atomic E-state index is 13.7. The molecule has 1 unspecified atom stereocenters. The average molecular weight is 425 g/mol. The Labute approximate surface area is 172 Å². The van der Waals surface area contributed by atoms with E-state index in [-0.39, 0.29) is 23.0 Å². The number of guanidine groups is 1. The van der Waals surface area contributed by atoms with E-state index < -0.39 is 29.6 Å². The topological polar surface area (TPSA) is 125 Å². The van der Waals surface area contributed by atoms with Crippen LogP contribution < -0.4 is 16.8 Å². The minimum Gasteiger partial charge on any atom is -0.370 e. The molecule has 0 radical (unpaired) electrons. The van der Waals surface area contributed by atoms with Crippen LogP contribution >= 0.6 is 0 Å². The van der Waals surface area contributed by atoms with E-state index in [1.165, 1.54) is 12.1 Å². The van der Waals surface area contributed by atoms with Crippen molar-refractivity contribution in [3.63, 3.8) is 0 Å². The van der Waals surface area contributed by atoms with Gasteiger partial charge in [-0.25, -0.2) is 0 Å². The van der Waals surface area contributed by atoms with Gasteiger partial charge in [0.05, 0.1) is 11.6 Å². The molecular formula is C20H26F3N5O2. The number of hydrogen-bond acceptors (Lipinski definition) is 4. The second-order valence-electron chi connectivity index (χ2n) is 8.05. The minimum atomic E-state index is -4.64. The molecule has 1 saturated carbocycles. The zero-order valence-corrected chi connectivity index (χ0v) is 16.5. The first-order valence-corrected chi connectivity index (χ1v) is 9.97. The lowest BCUT2D eigenvalue weighted by molar-refractivity contribution is -0.139. The molecule has 164 valence electrons. The van der Waals surface area contributed by atoms with Crippen LogP contribution in [0, 0.1) is 11.3 Å². The lowest BCUT2D eigenvalue weighted by Crippen LogP contribution is -2.47. The predicted octanol–water partition coefficient (Wildman–Crippen LogP) is 2.16. The quantitative estimate of drug-likeness (QED) is 0.426. The van der Waals surface area contributed by atoms with Gasteiger partial charge in [0, 0.05) is 18.7 Å². The van der Waals surface area contributed by atoms with Crippen LogP contribution in [0.25, 0.3) is 0 Å². The van der Waals surface area contributed by atoms with Crippen molar-refractivity contribution in [1.29, 1.82) is 5.41 Å². The third-order valence-corrected chi connectivity index (χ3v) is 5.72. The van der Waals surface area contributed by atoms with Crippen LogP contribution in [-0.2, 0) is 11.0 Å². The van der Waals surface area contributed by atoms with E-state index in [4.69, 9.17) is 16.9 Å². The average Bonchev–Trinajstić information content (AvgIpc) is 3.50. The normalized spacial score (nSPS) is 18.7. The molecule has 10 heteroatoms. The number of nitrogens with zero attached hydrogens (tertiary/aromatic N) is 1. The number of hydrogen-bond donors (Lipinski definition) is 4. The summed E-state index contributed by atoms with van der Waals surface area (Å²) in [6.07, 6.45) is -0.983. The number of rotatable bonds is 5. The second kappa shape index (κ2) is 8.63. The smallest absolute Gasteiger partial charge is 0.370 e. The Bertz CT molecular complexity index is 830. The predicted molar refractivity (Wildman–Crippen MR) is 105 cm³/mol. The molecule has 1 aromatic carbocycles. The van der Waals surface area contributed by atoms with E-state index in [2.05, 4.69) is 0 Å². The number of halogens is 3. The van der Waals surface area contributed by atoms with Crippen LogP contribution in [0.2, 0.25) is 0 Å². The summed E-state index contributed by atoms with van der Waals surface area (Å²) < 4.78 is 41.0. The highest BCUT2D eigenvalue weighted by molar-refractivity contribution is 6.04. The fourth-order valence-corrected chi connectivity index (χ4v) is 3.95. The number of amides is 2. The number of nitrogens with one attached hydrogen (secondary N) is 2. The van der Waals surface area contributed by atoms with Crippen molar-refractivity contribution >= 4 is 17.8 Å². The van der Waals surface area contributed by atoms with Crippen LogP contribution in [0.3, 0.4) is 0 Å². The number of carbonyl (C=O) groups excluding carboxylic acids is 2. The van der Waals surface area contributed by atoms with Gasteiger partial charge in [-0.3, -0.25) is 20.3 Å². The molecule has 1 atom stereocenters. The Hall–Kier alpha value is -2.62. The highest BCUT2D eigenvalue weighted by Gasteiger charge is 2.38. The molecule has 2 amide bonds. The molecule has 0 bridgehead atoms. The Morgan fingerprint density at radius 1 is 1.20 bits per heavy atom. The largest absolute Gasteiger partial charge is 0.416 e. The first-order chi connectivity index (χ1) is 14.1. The molecule has 2 fully saturated rings. The van der Waals surface area contributed by atoms with Crippen LogP contribution in [0.15, 0.2) is 18.2 Å². The molecule has 0 aromatic heterocycles. The summed E-state index contributed by atoms with van der Waals surface area (Å²) in [4.78, 5) is 26.1. The number of carbonyl (C=O) groups is 2. The first kappa shape index (κ1) is 22.1. The van der Waals surface area contributed by atoms with Gasteiger partial charge in [-0.05, 0) is 48.8 Å². The van der Waals surface area contributed by atoms with Crippen molar-refractivity contribution in [3.05, 3.63) is 34.9 Å². The van der Waals surface area contributed by atoms with Crippen molar-refractivity contribution in [1.82, 2.24) is 10.2 Å². The van der Waals surface area contributed by atoms with Gasteiger partial charge in [0.1, 0.15) is 0 Å². The maximum Gasteiger partial charge on any atom is 0.416 e. The third-order valence-electron chi connectivity index (χ3n) is 5.72. The molecule has 1 heterocycles. The lowest BCUT2D eigenvalue weighted by atomic mass is 9.85. The highest BCUT2D eigenvalue weighted by Crippen LogP contribution is 2.39. The minimum absolute atomic E-state index is 0.108. The van der Waals surface area contributed by atoms with Crippen molar-refractivity contribution in [2.24, 2.45) is 17.4 Å². The lowest BCUT2D eigenvalue weighted by Gasteiger charge is -2.34. The maximum absolute atomic E-state index is 13.7. The number of alkyl halides is 3. The Kier molecular flexibility index (Phi) is 6.35. The van der Waals surface area contributed by atoms with Gasteiger partial charge in [0.2, 0.25) is 5.91 Å². The molecule has 1 saturated heterocycles.